The molecule has 1 saturated heterocycles. The van der Waals surface area contributed by atoms with Crippen molar-refractivity contribution in [3.05, 3.63) is 106 Å². The average Bonchev–Trinajstić information content (AvgIpc) is 2.83. The van der Waals surface area contributed by atoms with Crippen molar-refractivity contribution in [2.45, 2.75) is 13.1 Å². The van der Waals surface area contributed by atoms with Crippen LogP contribution in [0.4, 0.5) is 0 Å². The number of hydrogen-bond acceptors (Lipinski definition) is 4. The molecule has 6 heteroatoms. The van der Waals surface area contributed by atoms with Crippen LogP contribution in [0.5, 0.6) is 0 Å². The molecule has 1 N–H and O–H groups in total. The van der Waals surface area contributed by atoms with E-state index in [4.69, 9.17) is 0 Å². The number of rotatable bonds is 7. The molecule has 0 aliphatic carbocycles. The van der Waals surface area contributed by atoms with Gasteiger partial charge in [0.15, 0.2) is 0 Å². The Labute approximate surface area is 197 Å². The lowest BCUT2D eigenvalue weighted by Gasteiger charge is -2.34. The Bertz CT molecular complexity index is 1040. The van der Waals surface area contributed by atoms with E-state index in [0.717, 1.165) is 49.3 Å². The molecular weight excluding hydrogens is 464 g/mol. The first-order valence-electron chi connectivity index (χ1n) is 10.8. The smallest absolute Gasteiger partial charge is 0.271 e. The molecule has 164 valence electrons. The number of hydrogen-bond donors (Lipinski definition) is 1. The largest absolute Gasteiger partial charge is 0.297 e. The molecule has 1 heterocycles. The monoisotopic (exact) mass is 490 g/mol. The first-order chi connectivity index (χ1) is 15.7. The number of carbonyl (C=O) groups is 1. The highest BCUT2D eigenvalue weighted by atomic mass is 79.9. The lowest BCUT2D eigenvalue weighted by atomic mass is 10.1. The van der Waals surface area contributed by atoms with E-state index < -0.39 is 0 Å². The highest BCUT2D eigenvalue weighted by Crippen LogP contribution is 2.14. The van der Waals surface area contributed by atoms with Gasteiger partial charge in [-0.25, -0.2) is 5.43 Å². The van der Waals surface area contributed by atoms with Gasteiger partial charge in [-0.1, -0.05) is 76.6 Å². The van der Waals surface area contributed by atoms with E-state index in [1.54, 1.807) is 6.21 Å². The highest BCUT2D eigenvalue weighted by Gasteiger charge is 2.17. The van der Waals surface area contributed by atoms with E-state index in [1.165, 1.54) is 11.1 Å². The second-order valence-corrected chi connectivity index (χ2v) is 8.81. The van der Waals surface area contributed by atoms with E-state index in [2.05, 4.69) is 66.6 Å². The van der Waals surface area contributed by atoms with Crippen LogP contribution in [0.2, 0.25) is 0 Å². The van der Waals surface area contributed by atoms with E-state index in [9.17, 15) is 4.79 Å². The summed E-state index contributed by atoms with van der Waals surface area (Å²) in [6.07, 6.45) is 1.63. The molecule has 0 aromatic heterocycles. The zero-order chi connectivity index (χ0) is 22.2. The van der Waals surface area contributed by atoms with Crippen molar-refractivity contribution in [3.8, 4) is 0 Å². The van der Waals surface area contributed by atoms with Crippen molar-refractivity contribution in [1.29, 1.82) is 0 Å². The third-order valence-corrected chi connectivity index (χ3v) is 6.33. The quantitative estimate of drug-likeness (QED) is 0.390. The maximum absolute atomic E-state index is 12.4. The zero-order valence-electron chi connectivity index (χ0n) is 18.0. The SMILES string of the molecule is O=C(N/N=C\c1ccccc1Br)c1ccc(CN2CCN(Cc3ccccc3)CC2)cc1. The topological polar surface area (TPSA) is 47.9 Å². The van der Waals surface area contributed by atoms with Gasteiger partial charge in [-0.2, -0.15) is 5.10 Å². The fourth-order valence-electron chi connectivity index (χ4n) is 3.77. The first-order valence-corrected chi connectivity index (χ1v) is 11.6. The summed E-state index contributed by atoms with van der Waals surface area (Å²) in [6.45, 7) is 6.18. The molecule has 4 rings (SSSR count). The van der Waals surface area contributed by atoms with Gasteiger partial charge in [0.05, 0.1) is 6.21 Å². The number of nitrogens with one attached hydrogen (secondary N) is 1. The summed E-state index contributed by atoms with van der Waals surface area (Å²) in [5.74, 6) is -0.214. The Balaban J connectivity index is 1.23. The van der Waals surface area contributed by atoms with E-state index in [0.29, 0.717) is 5.56 Å². The number of piperazine rings is 1. The standard InChI is InChI=1S/C26H27BrN4O/c27-25-9-5-4-8-24(25)18-28-29-26(32)23-12-10-22(11-13-23)20-31-16-14-30(15-17-31)19-21-6-2-1-3-7-21/h1-13,18H,14-17,19-20H2,(H,29,32)/b28-18-. The second kappa shape index (κ2) is 11.2. The molecule has 3 aromatic rings. The van der Waals surface area contributed by atoms with Gasteiger partial charge in [-0.05, 0) is 29.3 Å². The van der Waals surface area contributed by atoms with Gasteiger partial charge in [0.1, 0.15) is 0 Å². The highest BCUT2D eigenvalue weighted by molar-refractivity contribution is 9.10. The summed E-state index contributed by atoms with van der Waals surface area (Å²) >= 11 is 3.46. The summed E-state index contributed by atoms with van der Waals surface area (Å²) in [4.78, 5) is 17.3. The van der Waals surface area contributed by atoms with Crippen molar-refractivity contribution in [2.24, 2.45) is 5.10 Å². The lowest BCUT2D eigenvalue weighted by Crippen LogP contribution is -2.45. The van der Waals surface area contributed by atoms with Crippen LogP contribution in [0.1, 0.15) is 27.0 Å². The number of nitrogens with zero attached hydrogens (tertiary/aromatic N) is 3. The van der Waals surface area contributed by atoms with Crippen LogP contribution in [-0.4, -0.2) is 48.1 Å². The van der Waals surface area contributed by atoms with Gasteiger partial charge in [0.25, 0.3) is 5.91 Å². The van der Waals surface area contributed by atoms with Crippen LogP contribution >= 0.6 is 15.9 Å². The molecule has 1 amide bonds. The van der Waals surface area contributed by atoms with E-state index in [1.807, 2.05) is 48.5 Å². The fraction of sp³-hybridized carbons (Fsp3) is 0.231. The average molecular weight is 491 g/mol. The molecule has 0 radical (unpaired) electrons. The van der Waals surface area contributed by atoms with E-state index in [-0.39, 0.29) is 5.91 Å². The Hall–Kier alpha value is -2.80. The normalized spacial score (nSPS) is 15.2. The van der Waals surface area contributed by atoms with Crippen molar-refractivity contribution in [2.75, 3.05) is 26.2 Å². The van der Waals surface area contributed by atoms with Gasteiger partial charge < -0.3 is 0 Å². The maximum Gasteiger partial charge on any atom is 0.271 e. The van der Waals surface area contributed by atoms with Crippen LogP contribution in [0, 0.1) is 0 Å². The van der Waals surface area contributed by atoms with Gasteiger partial charge in [-0.15, -0.1) is 0 Å². The number of hydrazone groups is 1. The van der Waals surface area contributed by atoms with Gasteiger partial charge in [0, 0.05) is 54.9 Å². The molecule has 0 atom stereocenters. The minimum absolute atomic E-state index is 0.214. The molecular formula is C26H27BrN4O. The summed E-state index contributed by atoms with van der Waals surface area (Å²) in [5.41, 5.74) is 6.69. The molecule has 0 spiro atoms. The van der Waals surface area contributed by atoms with E-state index >= 15 is 0 Å². The molecule has 0 saturated carbocycles. The Morgan fingerprint density at radius 3 is 2.00 bits per heavy atom. The number of carbonyl (C=O) groups excluding carboxylic acids is 1. The molecule has 3 aromatic carbocycles. The third-order valence-electron chi connectivity index (χ3n) is 5.61. The van der Waals surface area contributed by atoms with Crippen molar-refractivity contribution < 1.29 is 4.79 Å². The van der Waals surface area contributed by atoms with Crippen molar-refractivity contribution in [1.82, 2.24) is 15.2 Å². The molecule has 1 aliphatic rings. The minimum Gasteiger partial charge on any atom is -0.297 e. The summed E-state index contributed by atoms with van der Waals surface area (Å²) in [6, 6.07) is 26.2. The first kappa shape index (κ1) is 22.4. The van der Waals surface area contributed by atoms with Gasteiger partial charge in [-0.3, -0.25) is 14.6 Å². The predicted octanol–water partition coefficient (Wildman–Crippen LogP) is 4.53. The van der Waals surface area contributed by atoms with Crippen LogP contribution in [0.3, 0.4) is 0 Å². The molecule has 5 nitrogen and oxygen atoms in total. The number of halogens is 1. The minimum atomic E-state index is -0.214. The van der Waals surface area contributed by atoms with Crippen molar-refractivity contribution in [3.63, 3.8) is 0 Å². The predicted molar refractivity (Wildman–Crippen MR) is 133 cm³/mol. The fourth-order valence-corrected chi connectivity index (χ4v) is 4.16. The lowest BCUT2D eigenvalue weighted by molar-refractivity contribution is 0.0955. The number of amides is 1. The molecule has 0 unspecified atom stereocenters. The van der Waals surface area contributed by atoms with Crippen molar-refractivity contribution >= 4 is 28.1 Å². The van der Waals surface area contributed by atoms with Crippen LogP contribution in [-0.2, 0) is 13.1 Å². The zero-order valence-corrected chi connectivity index (χ0v) is 19.5. The van der Waals surface area contributed by atoms with Crippen LogP contribution in [0.25, 0.3) is 0 Å². The summed E-state index contributed by atoms with van der Waals surface area (Å²) in [5, 5.41) is 4.06. The van der Waals surface area contributed by atoms with Crippen LogP contribution in [0.15, 0.2) is 88.4 Å². The maximum atomic E-state index is 12.4. The Morgan fingerprint density at radius 1 is 0.812 bits per heavy atom. The van der Waals surface area contributed by atoms with Gasteiger partial charge >= 0.3 is 0 Å². The second-order valence-electron chi connectivity index (χ2n) is 7.96. The molecule has 0 bridgehead atoms. The number of benzene rings is 3. The molecule has 1 aliphatic heterocycles. The molecule has 1 fully saturated rings. The Kier molecular flexibility index (Phi) is 7.82. The van der Waals surface area contributed by atoms with Gasteiger partial charge in [0.2, 0.25) is 0 Å². The van der Waals surface area contributed by atoms with Crippen LogP contribution < -0.4 is 5.43 Å². The Morgan fingerprint density at radius 2 is 1.38 bits per heavy atom. The third kappa shape index (κ3) is 6.36. The summed E-state index contributed by atoms with van der Waals surface area (Å²) < 4.78 is 0.934. The molecule has 32 heavy (non-hydrogen) atoms. The summed E-state index contributed by atoms with van der Waals surface area (Å²) in [7, 11) is 0.